The zero-order valence-electron chi connectivity index (χ0n) is 28.4. The third-order valence-electron chi connectivity index (χ3n) is 10.2. The van der Waals surface area contributed by atoms with Crippen LogP contribution in [0.15, 0.2) is 0 Å². The number of carbonyl (C=O) groups excluding carboxylic acids is 5. The molecule has 0 spiro atoms. The van der Waals surface area contributed by atoms with Gasteiger partial charge in [0, 0.05) is 33.1 Å². The van der Waals surface area contributed by atoms with E-state index in [9.17, 15) is 32.4 Å². The minimum atomic E-state index is -3.48. The molecule has 1 saturated carbocycles. The van der Waals surface area contributed by atoms with Crippen molar-refractivity contribution in [1.82, 2.24) is 25.2 Å². The van der Waals surface area contributed by atoms with Gasteiger partial charge in [-0.15, -0.1) is 0 Å². The fraction of sp³-hybridized carbons (Fsp3) is 0.844. The van der Waals surface area contributed by atoms with E-state index in [0.29, 0.717) is 32.2 Å². The van der Waals surface area contributed by atoms with Gasteiger partial charge >= 0.3 is 6.03 Å². The summed E-state index contributed by atoms with van der Waals surface area (Å²) >= 11 is 0. The van der Waals surface area contributed by atoms with E-state index in [4.69, 9.17) is 0 Å². The number of amides is 4. The molecule has 3 rings (SSSR count). The third-order valence-corrected chi connectivity index (χ3v) is 11.5. The lowest BCUT2D eigenvalue weighted by Crippen LogP contribution is -2.60. The van der Waals surface area contributed by atoms with E-state index in [2.05, 4.69) is 29.8 Å². The Labute approximate surface area is 269 Å². The summed E-state index contributed by atoms with van der Waals surface area (Å²) in [6.45, 7) is 11.5. The summed E-state index contributed by atoms with van der Waals surface area (Å²) in [4.78, 5) is 67.8. The average Bonchev–Trinajstić information content (AvgIpc) is 3.24. The number of nitrogens with zero attached hydrogens (tertiary/aromatic N) is 2. The van der Waals surface area contributed by atoms with Crippen molar-refractivity contribution < 1.29 is 32.4 Å². The number of rotatable bonds is 7. The quantitative estimate of drug-likeness (QED) is 0.356. The van der Waals surface area contributed by atoms with Crippen LogP contribution in [0.1, 0.15) is 99.3 Å². The van der Waals surface area contributed by atoms with Crippen molar-refractivity contribution in [3.8, 4) is 0 Å². The lowest BCUT2D eigenvalue weighted by molar-refractivity contribution is -0.143. The number of piperidine rings is 1. The van der Waals surface area contributed by atoms with Crippen molar-refractivity contribution >= 4 is 39.4 Å². The molecule has 2 heterocycles. The number of carbonyl (C=O) groups is 5. The zero-order valence-corrected chi connectivity index (χ0v) is 29.2. The Bertz CT molecular complexity index is 1240. The van der Waals surface area contributed by atoms with Crippen LogP contribution in [0.3, 0.4) is 0 Å². The zero-order chi connectivity index (χ0) is 33.9. The first-order valence-corrected chi connectivity index (χ1v) is 18.3. The highest BCUT2D eigenvalue weighted by Crippen LogP contribution is 2.65. The summed E-state index contributed by atoms with van der Waals surface area (Å²) in [6.07, 6.45) is 7.98. The van der Waals surface area contributed by atoms with Crippen LogP contribution in [0, 0.1) is 22.7 Å². The fourth-order valence-corrected chi connectivity index (χ4v) is 7.33. The molecular formula is C32H55N5O7S. The van der Waals surface area contributed by atoms with E-state index in [1.54, 1.807) is 4.90 Å². The van der Waals surface area contributed by atoms with Crippen LogP contribution in [-0.4, -0.2) is 97.6 Å². The van der Waals surface area contributed by atoms with Crippen LogP contribution in [-0.2, 0) is 29.2 Å². The molecule has 0 aromatic rings. The minimum Gasteiger partial charge on any atom is -0.344 e. The van der Waals surface area contributed by atoms with Crippen molar-refractivity contribution in [1.29, 1.82) is 0 Å². The summed E-state index contributed by atoms with van der Waals surface area (Å²) in [5.74, 6) is -2.01. The van der Waals surface area contributed by atoms with Crippen LogP contribution in [0.5, 0.6) is 0 Å². The number of Topliss-reactive ketones (excluding diaryl/α,β-unsaturated/α-hetero) is 2. The monoisotopic (exact) mass is 653 g/mol. The molecule has 0 bridgehead atoms. The maximum absolute atomic E-state index is 14.2. The van der Waals surface area contributed by atoms with Crippen LogP contribution in [0.2, 0.25) is 0 Å². The topological polar surface area (TPSA) is 162 Å². The lowest BCUT2D eigenvalue weighted by atomic mass is 9.86. The lowest BCUT2D eigenvalue weighted by Gasteiger charge is -2.36. The first-order chi connectivity index (χ1) is 20.8. The molecular weight excluding hydrogens is 598 g/mol. The van der Waals surface area contributed by atoms with E-state index in [0.717, 1.165) is 38.4 Å². The van der Waals surface area contributed by atoms with E-state index < -0.39 is 63.1 Å². The van der Waals surface area contributed by atoms with Crippen molar-refractivity contribution in [3.63, 3.8) is 0 Å². The number of sulfonamides is 1. The molecule has 45 heavy (non-hydrogen) atoms. The molecule has 0 radical (unpaired) electrons. The second-order valence-corrected chi connectivity index (χ2v) is 17.1. The largest absolute Gasteiger partial charge is 0.344 e. The Morgan fingerprint density at radius 2 is 1.58 bits per heavy atom. The summed E-state index contributed by atoms with van der Waals surface area (Å²) in [5.41, 5.74) is -0.648. The van der Waals surface area contributed by atoms with Crippen molar-refractivity contribution in [2.24, 2.45) is 22.7 Å². The van der Waals surface area contributed by atoms with E-state index >= 15 is 0 Å². The Morgan fingerprint density at radius 3 is 2.11 bits per heavy atom. The SMILES string of the molecule is CC(=O)C(=O)[C@@H]1CCCCCCCCC[C@H](NC(=O)N[C@H](CN(C)S(C)(=O)=O)C(C)(C)C)C(=O)N2C[C@H]3[C@@H]([C@H]2C(=O)N1)C3(C)C. The summed E-state index contributed by atoms with van der Waals surface area (Å²) < 4.78 is 25.4. The molecule has 4 amide bonds. The molecule has 3 aliphatic rings. The minimum absolute atomic E-state index is 0.0569. The number of fused-ring (bicyclic) bond motifs is 3. The summed E-state index contributed by atoms with van der Waals surface area (Å²) in [7, 11) is -2.02. The molecule has 2 saturated heterocycles. The van der Waals surface area contributed by atoms with Gasteiger partial charge in [-0.3, -0.25) is 19.2 Å². The van der Waals surface area contributed by atoms with E-state index in [1.807, 2.05) is 20.8 Å². The smallest absolute Gasteiger partial charge is 0.315 e. The number of ketones is 2. The van der Waals surface area contributed by atoms with Gasteiger partial charge in [-0.2, -0.15) is 0 Å². The van der Waals surface area contributed by atoms with Crippen molar-refractivity contribution in [2.45, 2.75) is 123 Å². The molecule has 13 heteroatoms. The van der Waals surface area contributed by atoms with Crippen molar-refractivity contribution in [2.75, 3.05) is 26.4 Å². The molecule has 0 aromatic heterocycles. The second-order valence-electron chi connectivity index (χ2n) is 15.1. The molecule has 6 atom stereocenters. The van der Waals surface area contributed by atoms with Crippen LogP contribution >= 0.6 is 0 Å². The number of nitrogens with one attached hydrogen (secondary N) is 3. The Hall–Kier alpha value is -2.54. The highest BCUT2D eigenvalue weighted by Gasteiger charge is 2.69. The molecule has 1 aliphatic carbocycles. The first-order valence-electron chi connectivity index (χ1n) is 16.4. The number of urea groups is 1. The van der Waals surface area contributed by atoms with Crippen LogP contribution in [0.25, 0.3) is 0 Å². The van der Waals surface area contributed by atoms with E-state index in [-0.39, 0.29) is 29.7 Å². The molecule has 0 unspecified atom stereocenters. The third kappa shape index (κ3) is 9.27. The van der Waals surface area contributed by atoms with Gasteiger partial charge in [0.25, 0.3) is 0 Å². The average molecular weight is 654 g/mol. The first kappa shape index (κ1) is 36.9. The molecule has 3 N–H and O–H groups in total. The van der Waals surface area contributed by atoms with E-state index in [1.165, 1.54) is 18.3 Å². The molecule has 2 aliphatic heterocycles. The highest BCUT2D eigenvalue weighted by atomic mass is 32.2. The maximum Gasteiger partial charge on any atom is 0.315 e. The number of hydrogen-bond acceptors (Lipinski definition) is 7. The predicted molar refractivity (Wildman–Crippen MR) is 172 cm³/mol. The fourth-order valence-electron chi connectivity index (χ4n) is 6.91. The maximum atomic E-state index is 14.2. The van der Waals surface area contributed by atoms with Gasteiger partial charge in [-0.1, -0.05) is 79.6 Å². The van der Waals surface area contributed by atoms with Crippen LogP contribution < -0.4 is 16.0 Å². The molecule has 256 valence electrons. The van der Waals surface area contributed by atoms with Gasteiger partial charge in [0.05, 0.1) is 12.3 Å². The molecule has 0 aromatic carbocycles. The number of hydrogen-bond donors (Lipinski definition) is 3. The Kier molecular flexibility index (Phi) is 11.9. The van der Waals surface area contributed by atoms with Gasteiger partial charge in [0.15, 0.2) is 5.78 Å². The molecule has 12 nitrogen and oxygen atoms in total. The van der Waals surface area contributed by atoms with Gasteiger partial charge in [0.1, 0.15) is 12.1 Å². The van der Waals surface area contributed by atoms with Gasteiger partial charge in [-0.05, 0) is 35.5 Å². The normalized spacial score (nSPS) is 28.8. The molecule has 3 fully saturated rings. The Morgan fingerprint density at radius 1 is 1.02 bits per heavy atom. The van der Waals surface area contributed by atoms with Crippen molar-refractivity contribution in [3.05, 3.63) is 0 Å². The van der Waals surface area contributed by atoms with Gasteiger partial charge in [-0.25, -0.2) is 17.5 Å². The van der Waals surface area contributed by atoms with Crippen LogP contribution in [0.4, 0.5) is 4.79 Å². The standard InChI is InChI=1S/C32H55N5O7S/c1-20(38)27(39)22-16-14-12-10-9-11-13-15-17-23(29(41)37-18-21-25(32(21,5)6)26(37)28(40)33-22)34-30(42)35-24(31(2,3)4)19-36(7)45(8,43)44/h21-26H,9-19H2,1-8H3,(H,33,40)(H2,34,35,42)/t21-,22-,23-,24+,25-,26-/m0/s1. The summed E-state index contributed by atoms with van der Waals surface area (Å²) in [5, 5.41) is 8.60. The number of likely N-dealkylation sites (N-methyl/N-ethyl adjacent to an activating group) is 1. The van der Waals surface area contributed by atoms with Gasteiger partial charge < -0.3 is 20.9 Å². The second kappa shape index (κ2) is 14.5. The highest BCUT2D eigenvalue weighted by molar-refractivity contribution is 7.88. The Balaban J connectivity index is 1.86. The summed E-state index contributed by atoms with van der Waals surface area (Å²) in [6, 6.07) is -3.77. The van der Waals surface area contributed by atoms with Gasteiger partial charge in [0.2, 0.25) is 27.6 Å². The predicted octanol–water partition coefficient (Wildman–Crippen LogP) is 2.61.